The van der Waals surface area contributed by atoms with Gasteiger partial charge in [0.15, 0.2) is 0 Å². The molecule has 1 aromatic rings. The number of benzene rings is 1. The molecule has 1 unspecified atom stereocenters. The van der Waals surface area contributed by atoms with E-state index in [1.807, 2.05) is 20.0 Å². The van der Waals surface area contributed by atoms with Crippen LogP contribution in [0.25, 0.3) is 0 Å². The number of halogens is 2. The predicted molar refractivity (Wildman–Crippen MR) is 75.8 cm³/mol. The maximum atomic E-state index is 13.2. The maximum absolute atomic E-state index is 13.2. The molecule has 1 saturated carbocycles. The van der Waals surface area contributed by atoms with E-state index in [4.69, 9.17) is 0 Å². The lowest BCUT2D eigenvalue weighted by Crippen LogP contribution is -2.40. The first-order valence-electron chi connectivity index (χ1n) is 6.30. The molecule has 2 N–H and O–H groups in total. The Labute approximate surface area is 119 Å². The Balaban J connectivity index is 0.00000180. The minimum atomic E-state index is -0.332. The number of amides is 1. The van der Waals surface area contributed by atoms with Crippen molar-refractivity contribution in [1.82, 2.24) is 10.6 Å². The van der Waals surface area contributed by atoms with Crippen molar-refractivity contribution in [2.75, 3.05) is 13.6 Å². The number of nitrogens with one attached hydrogen (secondary N) is 2. The molecule has 5 heteroatoms. The molecule has 1 aliphatic rings. The molecule has 19 heavy (non-hydrogen) atoms. The standard InChI is InChI=1S/C14H19FN2O.ClH/c1-10(9-16-2)13(18)17-14(6-7-14)11-4-3-5-12(15)8-11;/h3-5,8,10,16H,6-7,9H2,1-2H3,(H,17,18);1H. The van der Waals surface area contributed by atoms with Crippen LogP contribution in [-0.2, 0) is 10.3 Å². The van der Waals surface area contributed by atoms with Gasteiger partial charge in [-0.3, -0.25) is 4.79 Å². The van der Waals surface area contributed by atoms with Crippen LogP contribution in [0.5, 0.6) is 0 Å². The van der Waals surface area contributed by atoms with E-state index in [9.17, 15) is 9.18 Å². The van der Waals surface area contributed by atoms with Gasteiger partial charge in [-0.05, 0) is 37.6 Å². The lowest BCUT2D eigenvalue weighted by atomic mass is 10.0. The zero-order valence-electron chi connectivity index (χ0n) is 11.2. The van der Waals surface area contributed by atoms with Crippen molar-refractivity contribution in [3.63, 3.8) is 0 Å². The van der Waals surface area contributed by atoms with Crippen molar-refractivity contribution in [2.45, 2.75) is 25.3 Å². The molecule has 0 bridgehead atoms. The van der Waals surface area contributed by atoms with Gasteiger partial charge in [0.25, 0.3) is 0 Å². The molecule has 2 rings (SSSR count). The fourth-order valence-corrected chi connectivity index (χ4v) is 2.15. The first-order valence-corrected chi connectivity index (χ1v) is 6.30. The summed E-state index contributed by atoms with van der Waals surface area (Å²) in [6, 6.07) is 6.49. The third-order valence-corrected chi connectivity index (χ3v) is 3.45. The first-order chi connectivity index (χ1) is 8.57. The van der Waals surface area contributed by atoms with Gasteiger partial charge in [0.1, 0.15) is 5.82 Å². The van der Waals surface area contributed by atoms with Gasteiger partial charge < -0.3 is 10.6 Å². The van der Waals surface area contributed by atoms with E-state index in [1.165, 1.54) is 12.1 Å². The second kappa shape index (κ2) is 6.35. The summed E-state index contributed by atoms with van der Waals surface area (Å²) in [7, 11) is 1.82. The van der Waals surface area contributed by atoms with Crippen molar-refractivity contribution >= 4 is 18.3 Å². The Morgan fingerprint density at radius 2 is 2.16 bits per heavy atom. The van der Waals surface area contributed by atoms with Crippen molar-refractivity contribution in [2.24, 2.45) is 5.92 Å². The smallest absolute Gasteiger partial charge is 0.224 e. The molecule has 0 heterocycles. The Bertz CT molecular complexity index is 449. The van der Waals surface area contributed by atoms with Gasteiger partial charge in [0, 0.05) is 12.5 Å². The molecule has 106 valence electrons. The van der Waals surface area contributed by atoms with E-state index in [2.05, 4.69) is 10.6 Å². The Hall–Kier alpha value is -1.13. The zero-order chi connectivity index (χ0) is 13.2. The van der Waals surface area contributed by atoms with Crippen molar-refractivity contribution in [1.29, 1.82) is 0 Å². The van der Waals surface area contributed by atoms with E-state index >= 15 is 0 Å². The van der Waals surface area contributed by atoms with Gasteiger partial charge in [-0.25, -0.2) is 4.39 Å². The quantitative estimate of drug-likeness (QED) is 0.871. The van der Waals surface area contributed by atoms with E-state index < -0.39 is 0 Å². The van der Waals surface area contributed by atoms with Gasteiger partial charge in [-0.15, -0.1) is 12.4 Å². The molecular weight excluding hydrogens is 267 g/mol. The average molecular weight is 287 g/mol. The molecular formula is C14H20ClFN2O. The molecule has 0 radical (unpaired) electrons. The van der Waals surface area contributed by atoms with E-state index in [1.54, 1.807) is 6.07 Å². The molecule has 1 aromatic carbocycles. The van der Waals surface area contributed by atoms with Crippen molar-refractivity contribution in [3.8, 4) is 0 Å². The number of rotatable bonds is 5. The molecule has 0 spiro atoms. The van der Waals surface area contributed by atoms with Gasteiger partial charge in [0.2, 0.25) is 5.91 Å². The molecule has 1 aliphatic carbocycles. The van der Waals surface area contributed by atoms with Crippen LogP contribution in [0.15, 0.2) is 24.3 Å². The number of carbonyl (C=O) groups is 1. The predicted octanol–water partition coefficient (Wildman–Crippen LogP) is 2.21. The van der Waals surface area contributed by atoms with Gasteiger partial charge in [-0.2, -0.15) is 0 Å². The first kappa shape index (κ1) is 15.9. The van der Waals surface area contributed by atoms with Crippen LogP contribution in [-0.4, -0.2) is 19.5 Å². The summed E-state index contributed by atoms with van der Waals surface area (Å²) < 4.78 is 13.2. The molecule has 1 amide bonds. The zero-order valence-corrected chi connectivity index (χ0v) is 12.0. The Morgan fingerprint density at radius 1 is 1.47 bits per heavy atom. The Kier molecular flexibility index (Phi) is 5.32. The van der Waals surface area contributed by atoms with Crippen molar-refractivity contribution in [3.05, 3.63) is 35.6 Å². The second-order valence-electron chi connectivity index (χ2n) is 5.04. The van der Waals surface area contributed by atoms with Gasteiger partial charge in [-0.1, -0.05) is 19.1 Å². The van der Waals surface area contributed by atoms with Crippen molar-refractivity contribution < 1.29 is 9.18 Å². The fraction of sp³-hybridized carbons (Fsp3) is 0.500. The minimum Gasteiger partial charge on any atom is -0.346 e. The minimum absolute atomic E-state index is 0. The van der Waals surface area contributed by atoms with E-state index in [0.29, 0.717) is 6.54 Å². The van der Waals surface area contributed by atoms with Gasteiger partial charge >= 0.3 is 0 Å². The monoisotopic (exact) mass is 286 g/mol. The largest absolute Gasteiger partial charge is 0.346 e. The SMILES string of the molecule is CNCC(C)C(=O)NC1(c2cccc(F)c2)CC1.Cl. The summed E-state index contributed by atoms with van der Waals surface area (Å²) in [5.74, 6) is -0.316. The lowest BCUT2D eigenvalue weighted by molar-refractivity contribution is -0.125. The van der Waals surface area contributed by atoms with E-state index in [-0.39, 0.29) is 35.6 Å². The lowest BCUT2D eigenvalue weighted by Gasteiger charge is -2.20. The van der Waals surface area contributed by atoms with Crippen LogP contribution >= 0.6 is 12.4 Å². The van der Waals surface area contributed by atoms with Crippen LogP contribution in [0.2, 0.25) is 0 Å². The highest BCUT2D eigenvalue weighted by atomic mass is 35.5. The fourth-order valence-electron chi connectivity index (χ4n) is 2.15. The molecule has 0 aromatic heterocycles. The number of carbonyl (C=O) groups excluding carboxylic acids is 1. The summed E-state index contributed by atoms with van der Waals surface area (Å²) in [6.45, 7) is 2.53. The highest BCUT2D eigenvalue weighted by molar-refractivity contribution is 5.85. The summed E-state index contributed by atoms with van der Waals surface area (Å²) in [4.78, 5) is 12.0. The van der Waals surface area contributed by atoms with Crippen LogP contribution in [0.4, 0.5) is 4.39 Å². The molecule has 0 aliphatic heterocycles. The summed E-state index contributed by atoms with van der Waals surface area (Å²) >= 11 is 0. The average Bonchev–Trinajstić information content (AvgIpc) is 3.10. The Morgan fingerprint density at radius 3 is 2.68 bits per heavy atom. The maximum Gasteiger partial charge on any atom is 0.224 e. The van der Waals surface area contributed by atoms with Crippen LogP contribution < -0.4 is 10.6 Å². The number of hydrogen-bond donors (Lipinski definition) is 2. The van der Waals surface area contributed by atoms with Crippen LogP contribution in [0.3, 0.4) is 0 Å². The van der Waals surface area contributed by atoms with E-state index in [0.717, 1.165) is 18.4 Å². The summed E-state index contributed by atoms with van der Waals surface area (Å²) in [5.41, 5.74) is 0.536. The van der Waals surface area contributed by atoms with Gasteiger partial charge in [0.05, 0.1) is 5.54 Å². The third-order valence-electron chi connectivity index (χ3n) is 3.45. The van der Waals surface area contributed by atoms with Crippen LogP contribution in [0, 0.1) is 11.7 Å². The highest BCUT2D eigenvalue weighted by Gasteiger charge is 2.46. The summed E-state index contributed by atoms with van der Waals surface area (Å²) in [6.07, 6.45) is 1.77. The molecule has 0 saturated heterocycles. The second-order valence-corrected chi connectivity index (χ2v) is 5.04. The number of hydrogen-bond acceptors (Lipinski definition) is 2. The summed E-state index contributed by atoms with van der Waals surface area (Å²) in [5, 5.41) is 6.03. The molecule has 3 nitrogen and oxygen atoms in total. The normalized spacial score (nSPS) is 17.2. The molecule has 1 atom stereocenters. The topological polar surface area (TPSA) is 41.1 Å². The highest BCUT2D eigenvalue weighted by Crippen LogP contribution is 2.45. The van der Waals surface area contributed by atoms with Crippen LogP contribution in [0.1, 0.15) is 25.3 Å². The third kappa shape index (κ3) is 3.67. The molecule has 1 fully saturated rings.